The maximum Gasteiger partial charge on any atom is 0.227 e. The summed E-state index contributed by atoms with van der Waals surface area (Å²) in [5, 5.41) is 4.34. The lowest BCUT2D eigenvalue weighted by Gasteiger charge is -2.26. The fourth-order valence-corrected chi connectivity index (χ4v) is 7.92. The van der Waals surface area contributed by atoms with E-state index in [1.807, 2.05) is 42.5 Å². The highest BCUT2D eigenvalue weighted by Gasteiger charge is 2.21. The molecule has 0 unspecified atom stereocenters. The Hall–Kier alpha value is -7.37. The lowest BCUT2D eigenvalue weighted by Crippen LogP contribution is -2.09. The summed E-state index contributed by atoms with van der Waals surface area (Å²) in [4.78, 5) is 7.27. The van der Waals surface area contributed by atoms with Crippen molar-refractivity contribution >= 4 is 71.9 Å². The SMILES string of the molecule is c1ccc(-c2ccc(N(c3ccc4c(c3)oc3ccc5oc(-c6ccccc6)nc5c34)c3ccc4c(c3)c3ccccc3n4-c3ccccc3)cc2)cc1. The van der Waals surface area contributed by atoms with Gasteiger partial charge in [0.1, 0.15) is 16.7 Å². The summed E-state index contributed by atoms with van der Waals surface area (Å²) in [7, 11) is 0. The number of aromatic nitrogens is 2. The predicted molar refractivity (Wildman–Crippen MR) is 221 cm³/mol. The molecule has 3 heterocycles. The highest BCUT2D eigenvalue weighted by Crippen LogP contribution is 2.43. The van der Waals surface area contributed by atoms with Crippen LogP contribution in [0.15, 0.2) is 197 Å². The molecule has 54 heavy (non-hydrogen) atoms. The highest BCUT2D eigenvalue weighted by molar-refractivity contribution is 6.17. The molecule has 0 bridgehead atoms. The number of hydrogen-bond acceptors (Lipinski definition) is 4. The fourth-order valence-electron chi connectivity index (χ4n) is 7.92. The van der Waals surface area contributed by atoms with Crippen molar-refractivity contribution < 1.29 is 8.83 Å². The standard InChI is InChI=1S/C49H31N3O2/c1-4-12-32(13-5-1)33-20-22-36(23-21-33)51(37-25-27-43-41(30-37)39-18-10-11-19-42(39)52(43)35-16-8-3-9-17-35)38-24-26-40-46(31-38)53-44-28-29-45-48(47(40)44)50-49(54-45)34-14-6-2-7-15-34/h1-31H. The third-order valence-electron chi connectivity index (χ3n) is 10.4. The van der Waals surface area contributed by atoms with Crippen LogP contribution < -0.4 is 4.90 Å². The van der Waals surface area contributed by atoms with Crippen LogP contribution in [-0.2, 0) is 0 Å². The second kappa shape index (κ2) is 12.1. The number of rotatable bonds is 6. The van der Waals surface area contributed by atoms with Crippen molar-refractivity contribution in [2.45, 2.75) is 0 Å². The van der Waals surface area contributed by atoms with Crippen LogP contribution in [0.5, 0.6) is 0 Å². The molecule has 0 aliphatic carbocycles. The first-order valence-corrected chi connectivity index (χ1v) is 18.1. The molecule has 0 aliphatic rings. The lowest BCUT2D eigenvalue weighted by atomic mass is 10.0. The van der Waals surface area contributed by atoms with E-state index in [1.54, 1.807) is 0 Å². The molecule has 0 aliphatic heterocycles. The van der Waals surface area contributed by atoms with E-state index >= 15 is 0 Å². The Morgan fingerprint density at radius 1 is 0.407 bits per heavy atom. The average molecular weight is 694 g/mol. The maximum absolute atomic E-state index is 6.58. The van der Waals surface area contributed by atoms with Gasteiger partial charge in [-0.25, -0.2) is 4.98 Å². The van der Waals surface area contributed by atoms with Gasteiger partial charge in [0, 0.05) is 50.5 Å². The van der Waals surface area contributed by atoms with Gasteiger partial charge in [-0.15, -0.1) is 0 Å². The minimum Gasteiger partial charge on any atom is -0.456 e. The van der Waals surface area contributed by atoms with Crippen LogP contribution in [0, 0.1) is 0 Å². The fraction of sp³-hybridized carbons (Fsp3) is 0. The smallest absolute Gasteiger partial charge is 0.227 e. The molecule has 5 nitrogen and oxygen atoms in total. The molecule has 0 spiro atoms. The summed E-state index contributed by atoms with van der Waals surface area (Å²) in [6, 6.07) is 65.7. The Morgan fingerprint density at radius 3 is 1.81 bits per heavy atom. The first-order chi connectivity index (χ1) is 26.8. The van der Waals surface area contributed by atoms with Gasteiger partial charge in [0.25, 0.3) is 0 Å². The van der Waals surface area contributed by atoms with Crippen LogP contribution in [0.3, 0.4) is 0 Å². The average Bonchev–Trinajstić information content (AvgIpc) is 3.94. The minimum atomic E-state index is 0.596. The number of benzene rings is 8. The number of fused-ring (bicyclic) bond motifs is 8. The molecular formula is C49H31N3O2. The van der Waals surface area contributed by atoms with Crippen molar-refractivity contribution in [2.24, 2.45) is 0 Å². The first-order valence-electron chi connectivity index (χ1n) is 18.1. The van der Waals surface area contributed by atoms with Crippen LogP contribution in [0.4, 0.5) is 17.1 Å². The van der Waals surface area contributed by atoms with Crippen molar-refractivity contribution in [3.05, 3.63) is 188 Å². The van der Waals surface area contributed by atoms with Crippen LogP contribution >= 0.6 is 0 Å². The van der Waals surface area contributed by atoms with E-state index in [9.17, 15) is 0 Å². The lowest BCUT2D eigenvalue weighted by molar-refractivity contribution is 0.619. The predicted octanol–water partition coefficient (Wildman–Crippen LogP) is 13.6. The Balaban J connectivity index is 1.10. The zero-order chi connectivity index (χ0) is 35.6. The molecule has 3 aromatic heterocycles. The van der Waals surface area contributed by atoms with E-state index in [2.05, 4.69) is 155 Å². The molecule has 8 aromatic carbocycles. The van der Waals surface area contributed by atoms with Crippen molar-refractivity contribution in [3.63, 3.8) is 0 Å². The van der Waals surface area contributed by atoms with Gasteiger partial charge in [-0.3, -0.25) is 0 Å². The van der Waals surface area contributed by atoms with E-state index in [0.29, 0.717) is 5.89 Å². The van der Waals surface area contributed by atoms with Gasteiger partial charge < -0.3 is 18.3 Å². The molecule has 0 saturated carbocycles. The van der Waals surface area contributed by atoms with Crippen molar-refractivity contribution in [3.8, 4) is 28.3 Å². The van der Waals surface area contributed by atoms with E-state index in [1.165, 1.54) is 27.4 Å². The van der Waals surface area contributed by atoms with Crippen molar-refractivity contribution in [1.82, 2.24) is 9.55 Å². The Labute approximate surface area is 310 Å². The molecular weight excluding hydrogens is 663 g/mol. The Bertz CT molecular complexity index is 3140. The molecule has 5 heteroatoms. The summed E-state index contributed by atoms with van der Waals surface area (Å²) >= 11 is 0. The summed E-state index contributed by atoms with van der Waals surface area (Å²) in [5.41, 5.74) is 12.9. The highest BCUT2D eigenvalue weighted by atomic mass is 16.4. The van der Waals surface area contributed by atoms with Crippen LogP contribution in [0.2, 0.25) is 0 Å². The second-order valence-corrected chi connectivity index (χ2v) is 13.6. The largest absolute Gasteiger partial charge is 0.456 e. The molecule has 11 aromatic rings. The number of nitrogens with zero attached hydrogens (tertiary/aromatic N) is 3. The molecule has 254 valence electrons. The van der Waals surface area contributed by atoms with E-state index in [0.717, 1.165) is 66.9 Å². The number of hydrogen-bond donors (Lipinski definition) is 0. The van der Waals surface area contributed by atoms with Crippen molar-refractivity contribution in [1.29, 1.82) is 0 Å². The summed E-state index contributed by atoms with van der Waals surface area (Å²) in [6.45, 7) is 0. The number of anilines is 3. The number of furan rings is 1. The van der Waals surface area contributed by atoms with Crippen LogP contribution in [-0.4, -0.2) is 9.55 Å². The normalized spacial score (nSPS) is 11.7. The molecule has 0 fully saturated rings. The van der Waals surface area contributed by atoms with Gasteiger partial charge in [-0.1, -0.05) is 97.1 Å². The van der Waals surface area contributed by atoms with E-state index in [-0.39, 0.29) is 0 Å². The molecule has 11 rings (SSSR count). The van der Waals surface area contributed by atoms with Crippen LogP contribution in [0.25, 0.3) is 83.1 Å². The number of para-hydroxylation sites is 2. The third-order valence-corrected chi connectivity index (χ3v) is 10.4. The molecule has 0 saturated heterocycles. The molecule has 0 radical (unpaired) electrons. The van der Waals surface area contributed by atoms with Crippen molar-refractivity contribution in [2.75, 3.05) is 4.90 Å². The molecule has 0 atom stereocenters. The van der Waals surface area contributed by atoms with Gasteiger partial charge in [0.15, 0.2) is 5.58 Å². The second-order valence-electron chi connectivity index (χ2n) is 13.6. The first kappa shape index (κ1) is 30.3. The summed E-state index contributed by atoms with van der Waals surface area (Å²) in [6.07, 6.45) is 0. The van der Waals surface area contributed by atoms with Gasteiger partial charge in [-0.2, -0.15) is 0 Å². The maximum atomic E-state index is 6.58. The summed E-state index contributed by atoms with van der Waals surface area (Å²) in [5.74, 6) is 0.596. The van der Waals surface area contributed by atoms with Gasteiger partial charge in [0.2, 0.25) is 5.89 Å². The zero-order valence-corrected chi connectivity index (χ0v) is 29.1. The third kappa shape index (κ3) is 4.83. The molecule has 0 N–H and O–H groups in total. The zero-order valence-electron chi connectivity index (χ0n) is 29.1. The quantitative estimate of drug-likeness (QED) is 0.174. The summed E-state index contributed by atoms with van der Waals surface area (Å²) < 4.78 is 15.2. The van der Waals surface area contributed by atoms with E-state index < -0.39 is 0 Å². The van der Waals surface area contributed by atoms with Gasteiger partial charge in [-0.05, 0) is 96.1 Å². The molecule has 0 amide bonds. The topological polar surface area (TPSA) is 47.3 Å². The minimum absolute atomic E-state index is 0.596. The monoisotopic (exact) mass is 693 g/mol. The van der Waals surface area contributed by atoms with Crippen LogP contribution in [0.1, 0.15) is 0 Å². The Morgan fingerprint density at radius 2 is 1.02 bits per heavy atom. The number of oxazole rings is 1. The van der Waals surface area contributed by atoms with E-state index in [4.69, 9.17) is 13.8 Å². The van der Waals surface area contributed by atoms with Gasteiger partial charge in [0.05, 0.1) is 16.4 Å². The Kier molecular flexibility index (Phi) is 6.79. The van der Waals surface area contributed by atoms with Gasteiger partial charge >= 0.3 is 0 Å².